The van der Waals surface area contributed by atoms with E-state index in [9.17, 15) is 4.79 Å². The summed E-state index contributed by atoms with van der Waals surface area (Å²) in [5.74, 6) is 0.951. The molecular formula is C23H23ClN2O. The summed E-state index contributed by atoms with van der Waals surface area (Å²) in [7, 11) is 0. The van der Waals surface area contributed by atoms with E-state index < -0.39 is 0 Å². The van der Waals surface area contributed by atoms with Gasteiger partial charge in [-0.05, 0) is 54.5 Å². The van der Waals surface area contributed by atoms with E-state index in [1.807, 2.05) is 35.2 Å². The Morgan fingerprint density at radius 1 is 1.11 bits per heavy atom. The van der Waals surface area contributed by atoms with E-state index in [0.717, 1.165) is 48.6 Å². The van der Waals surface area contributed by atoms with Crippen LogP contribution in [-0.2, 0) is 0 Å². The minimum absolute atomic E-state index is 0.155. The smallest absolute Gasteiger partial charge is 0.255 e. The largest absolute Gasteiger partial charge is 0.377 e. The maximum atomic E-state index is 13.2. The monoisotopic (exact) mass is 378 g/mol. The van der Waals surface area contributed by atoms with Crippen molar-refractivity contribution in [3.05, 3.63) is 76.3 Å². The van der Waals surface area contributed by atoms with Gasteiger partial charge in [0.15, 0.2) is 0 Å². The average molecular weight is 379 g/mol. The first-order valence-corrected chi connectivity index (χ1v) is 10.2. The Morgan fingerprint density at radius 3 is 2.74 bits per heavy atom. The predicted molar refractivity (Wildman–Crippen MR) is 109 cm³/mol. The number of benzene rings is 2. The molecule has 3 atom stereocenters. The minimum Gasteiger partial charge on any atom is -0.377 e. The number of carbonyl (C=O) groups excluding carboxylic acids is 1. The van der Waals surface area contributed by atoms with Crippen LogP contribution in [0.4, 0.5) is 5.69 Å². The van der Waals surface area contributed by atoms with E-state index >= 15 is 0 Å². The van der Waals surface area contributed by atoms with Gasteiger partial charge in [0.05, 0.1) is 17.3 Å². The molecule has 3 unspecified atom stereocenters. The van der Waals surface area contributed by atoms with Crippen molar-refractivity contribution in [2.45, 2.75) is 31.2 Å². The highest BCUT2D eigenvalue weighted by atomic mass is 35.5. The van der Waals surface area contributed by atoms with Gasteiger partial charge >= 0.3 is 0 Å². The van der Waals surface area contributed by atoms with Crippen molar-refractivity contribution >= 4 is 23.2 Å². The van der Waals surface area contributed by atoms with E-state index in [1.54, 1.807) is 0 Å². The van der Waals surface area contributed by atoms with Crippen molar-refractivity contribution in [2.24, 2.45) is 5.92 Å². The molecule has 1 N–H and O–H groups in total. The first kappa shape index (κ1) is 16.9. The Hall–Kier alpha value is -2.26. The number of nitrogens with one attached hydrogen (secondary N) is 1. The number of nitrogens with zero attached hydrogens (tertiary/aromatic N) is 1. The van der Waals surface area contributed by atoms with Gasteiger partial charge < -0.3 is 10.2 Å². The van der Waals surface area contributed by atoms with Crippen LogP contribution in [0.25, 0.3) is 0 Å². The van der Waals surface area contributed by atoms with Gasteiger partial charge in [0, 0.05) is 24.0 Å². The standard InChI is InChI=1S/C23H23ClN2O/c24-16-7-3-6-15(14-16)21-18-9-4-8-17(18)19-10-5-11-20(22(19)25-21)23(27)26-12-1-2-13-26/h3-8,10-11,14,17-18,21,25H,1-2,9,12-13H2. The fraction of sp³-hybridized carbons (Fsp3) is 0.348. The Balaban J connectivity index is 1.58. The van der Waals surface area contributed by atoms with Crippen molar-refractivity contribution in [3.8, 4) is 0 Å². The summed E-state index contributed by atoms with van der Waals surface area (Å²) in [5.41, 5.74) is 4.25. The lowest BCUT2D eigenvalue weighted by Gasteiger charge is -2.38. The summed E-state index contributed by atoms with van der Waals surface area (Å²) in [4.78, 5) is 15.1. The summed E-state index contributed by atoms with van der Waals surface area (Å²) < 4.78 is 0. The highest BCUT2D eigenvalue weighted by molar-refractivity contribution is 6.30. The van der Waals surface area contributed by atoms with Gasteiger partial charge in [0.25, 0.3) is 5.91 Å². The van der Waals surface area contributed by atoms with E-state index in [1.165, 1.54) is 11.1 Å². The molecule has 138 valence electrons. The first-order chi connectivity index (χ1) is 13.2. The number of carbonyl (C=O) groups is 1. The Labute approximate surface area is 165 Å². The number of fused-ring (bicyclic) bond motifs is 3. The number of likely N-dealkylation sites (tertiary alicyclic amines) is 1. The van der Waals surface area contributed by atoms with Crippen molar-refractivity contribution < 1.29 is 4.79 Å². The van der Waals surface area contributed by atoms with Gasteiger partial charge in [-0.3, -0.25) is 4.79 Å². The van der Waals surface area contributed by atoms with Crippen LogP contribution in [-0.4, -0.2) is 23.9 Å². The molecule has 1 fully saturated rings. The van der Waals surface area contributed by atoms with Crippen LogP contribution in [0, 0.1) is 5.92 Å². The third-order valence-corrected chi connectivity index (χ3v) is 6.46. The first-order valence-electron chi connectivity index (χ1n) is 9.83. The maximum absolute atomic E-state index is 13.2. The number of amides is 1. The van der Waals surface area contributed by atoms with Crippen LogP contribution in [0.3, 0.4) is 0 Å². The summed E-state index contributed by atoms with van der Waals surface area (Å²) in [6.45, 7) is 1.73. The van der Waals surface area contributed by atoms with Crippen LogP contribution in [0.15, 0.2) is 54.6 Å². The van der Waals surface area contributed by atoms with Crippen molar-refractivity contribution in [1.29, 1.82) is 0 Å². The normalized spacial score (nSPS) is 25.8. The van der Waals surface area contributed by atoms with Gasteiger partial charge in [-0.1, -0.05) is 48.0 Å². The Kier molecular flexibility index (Phi) is 4.20. The number of hydrogen-bond acceptors (Lipinski definition) is 2. The second-order valence-corrected chi connectivity index (χ2v) is 8.24. The molecule has 2 heterocycles. The van der Waals surface area contributed by atoms with Crippen molar-refractivity contribution in [3.63, 3.8) is 0 Å². The van der Waals surface area contributed by atoms with Gasteiger partial charge in [-0.2, -0.15) is 0 Å². The molecule has 0 aromatic heterocycles. The zero-order valence-corrected chi connectivity index (χ0v) is 16.0. The quantitative estimate of drug-likeness (QED) is 0.709. The molecule has 1 amide bonds. The predicted octanol–water partition coefficient (Wildman–Crippen LogP) is 5.40. The molecule has 4 heteroatoms. The van der Waals surface area contributed by atoms with Crippen LogP contribution >= 0.6 is 11.6 Å². The van der Waals surface area contributed by atoms with E-state index in [0.29, 0.717) is 11.8 Å². The van der Waals surface area contributed by atoms with Gasteiger partial charge in [-0.25, -0.2) is 0 Å². The lowest BCUT2D eigenvalue weighted by Crippen LogP contribution is -2.33. The summed E-state index contributed by atoms with van der Waals surface area (Å²) >= 11 is 6.27. The Morgan fingerprint density at radius 2 is 1.93 bits per heavy atom. The molecule has 0 bridgehead atoms. The molecule has 2 aliphatic heterocycles. The van der Waals surface area contributed by atoms with Crippen LogP contribution < -0.4 is 5.32 Å². The Bertz CT molecular complexity index is 916. The van der Waals surface area contributed by atoms with Crippen molar-refractivity contribution in [1.82, 2.24) is 4.90 Å². The zero-order valence-electron chi connectivity index (χ0n) is 15.2. The zero-order chi connectivity index (χ0) is 18.4. The molecular weight excluding hydrogens is 356 g/mol. The van der Waals surface area contributed by atoms with Crippen molar-refractivity contribution in [2.75, 3.05) is 18.4 Å². The van der Waals surface area contributed by atoms with Gasteiger partial charge in [-0.15, -0.1) is 0 Å². The van der Waals surface area contributed by atoms with E-state index in [4.69, 9.17) is 11.6 Å². The second kappa shape index (κ2) is 6.72. The molecule has 3 aliphatic rings. The molecule has 5 rings (SSSR count). The van der Waals surface area contributed by atoms with Gasteiger partial charge in [0.2, 0.25) is 0 Å². The molecule has 2 aromatic carbocycles. The SMILES string of the molecule is O=C(c1cccc2c1NC(c1cccc(Cl)c1)C1CC=CC21)N1CCCC1. The highest BCUT2D eigenvalue weighted by Crippen LogP contribution is 2.50. The topological polar surface area (TPSA) is 32.3 Å². The van der Waals surface area contributed by atoms with Crippen LogP contribution in [0.5, 0.6) is 0 Å². The third-order valence-electron chi connectivity index (χ3n) is 6.23. The summed E-state index contributed by atoms with van der Waals surface area (Å²) in [6, 6.07) is 14.4. The fourth-order valence-electron chi connectivity index (χ4n) is 4.92. The van der Waals surface area contributed by atoms with Gasteiger partial charge in [0.1, 0.15) is 0 Å². The van der Waals surface area contributed by atoms with Crippen LogP contribution in [0.1, 0.15) is 52.7 Å². The fourth-order valence-corrected chi connectivity index (χ4v) is 5.12. The molecule has 2 aromatic rings. The maximum Gasteiger partial charge on any atom is 0.255 e. The molecule has 27 heavy (non-hydrogen) atoms. The number of anilines is 1. The molecule has 0 radical (unpaired) electrons. The minimum atomic E-state index is 0.155. The van der Waals surface area contributed by atoms with E-state index in [-0.39, 0.29) is 11.9 Å². The van der Waals surface area contributed by atoms with E-state index in [2.05, 4.69) is 29.6 Å². The average Bonchev–Trinajstić information content (AvgIpc) is 3.38. The summed E-state index contributed by atoms with van der Waals surface area (Å²) in [6.07, 6.45) is 7.84. The number of halogens is 1. The number of hydrogen-bond donors (Lipinski definition) is 1. The third kappa shape index (κ3) is 2.85. The number of allylic oxidation sites excluding steroid dienone is 2. The highest BCUT2D eigenvalue weighted by Gasteiger charge is 2.39. The molecule has 1 aliphatic carbocycles. The van der Waals surface area contributed by atoms with Crippen LogP contribution in [0.2, 0.25) is 5.02 Å². The summed E-state index contributed by atoms with van der Waals surface area (Å²) in [5, 5.41) is 4.49. The molecule has 0 saturated carbocycles. The molecule has 3 nitrogen and oxygen atoms in total. The number of para-hydroxylation sites is 1. The molecule has 0 spiro atoms. The molecule has 1 saturated heterocycles. The number of rotatable bonds is 2. The second-order valence-electron chi connectivity index (χ2n) is 7.80. The lowest BCUT2D eigenvalue weighted by molar-refractivity contribution is 0.0793. The lowest BCUT2D eigenvalue weighted by atomic mass is 9.76.